The van der Waals surface area contributed by atoms with E-state index in [1.54, 1.807) is 23.9 Å². The molecular formula is C15H18N2O4S. The van der Waals surface area contributed by atoms with Gasteiger partial charge in [0.1, 0.15) is 18.3 Å². The molecule has 3 N–H and O–H groups in total. The minimum atomic E-state index is -0.718. The maximum absolute atomic E-state index is 12.3. The SMILES string of the molecule is C=C1NC(=O)N[C@@H](c2ccc(O)cc2)[C@@H]1C(=O)OCCSC. The van der Waals surface area contributed by atoms with Crippen LogP contribution in [-0.4, -0.2) is 35.7 Å². The predicted octanol–water partition coefficient (Wildman–Crippen LogP) is 1.78. The van der Waals surface area contributed by atoms with E-state index in [1.165, 1.54) is 12.1 Å². The Morgan fingerprint density at radius 1 is 1.41 bits per heavy atom. The van der Waals surface area contributed by atoms with Crippen molar-refractivity contribution in [1.29, 1.82) is 0 Å². The van der Waals surface area contributed by atoms with Gasteiger partial charge in [-0.05, 0) is 24.0 Å². The maximum Gasteiger partial charge on any atom is 0.319 e. The van der Waals surface area contributed by atoms with E-state index in [0.29, 0.717) is 23.6 Å². The van der Waals surface area contributed by atoms with E-state index in [2.05, 4.69) is 17.2 Å². The summed E-state index contributed by atoms with van der Waals surface area (Å²) in [6, 6.07) is 5.31. The molecule has 1 aliphatic rings. The summed E-state index contributed by atoms with van der Waals surface area (Å²) in [5.74, 6) is -0.343. The summed E-state index contributed by atoms with van der Waals surface area (Å²) in [6.45, 7) is 4.07. The van der Waals surface area contributed by atoms with Crippen molar-refractivity contribution in [2.75, 3.05) is 18.6 Å². The lowest BCUT2D eigenvalue weighted by Gasteiger charge is -2.33. The Labute approximate surface area is 132 Å². The Kier molecular flexibility index (Phi) is 5.32. The summed E-state index contributed by atoms with van der Waals surface area (Å²) in [4.78, 5) is 24.0. The molecular weight excluding hydrogens is 304 g/mol. The van der Waals surface area contributed by atoms with E-state index in [1.807, 2.05) is 6.26 Å². The molecule has 22 heavy (non-hydrogen) atoms. The molecule has 6 nitrogen and oxygen atoms in total. The fourth-order valence-electron chi connectivity index (χ4n) is 2.24. The van der Waals surface area contributed by atoms with Crippen LogP contribution in [0.15, 0.2) is 36.5 Å². The Bertz CT molecular complexity index is 573. The minimum Gasteiger partial charge on any atom is -0.508 e. The molecule has 1 aliphatic heterocycles. The number of benzene rings is 1. The normalized spacial score (nSPS) is 21.0. The van der Waals surface area contributed by atoms with Crippen LogP contribution in [0.4, 0.5) is 4.79 Å². The Morgan fingerprint density at radius 3 is 2.73 bits per heavy atom. The fraction of sp³-hybridized carbons (Fsp3) is 0.333. The number of amides is 2. The van der Waals surface area contributed by atoms with Gasteiger partial charge in [0, 0.05) is 11.4 Å². The zero-order valence-corrected chi connectivity index (χ0v) is 13.0. The quantitative estimate of drug-likeness (QED) is 0.568. The van der Waals surface area contributed by atoms with Crippen LogP contribution in [0, 0.1) is 5.92 Å². The summed E-state index contributed by atoms with van der Waals surface area (Å²) < 4.78 is 5.24. The van der Waals surface area contributed by atoms with Crippen molar-refractivity contribution in [2.45, 2.75) is 6.04 Å². The molecule has 1 aromatic carbocycles. The number of phenolic OH excluding ortho intramolecular Hbond substituents is 1. The van der Waals surface area contributed by atoms with Gasteiger partial charge in [-0.2, -0.15) is 11.8 Å². The molecule has 7 heteroatoms. The van der Waals surface area contributed by atoms with Crippen molar-refractivity contribution in [1.82, 2.24) is 10.6 Å². The van der Waals surface area contributed by atoms with E-state index in [0.717, 1.165) is 0 Å². The second kappa shape index (κ2) is 7.22. The molecule has 0 aromatic heterocycles. The number of urea groups is 1. The number of esters is 1. The smallest absolute Gasteiger partial charge is 0.319 e. The largest absolute Gasteiger partial charge is 0.508 e. The maximum atomic E-state index is 12.3. The number of rotatable bonds is 5. The molecule has 1 saturated heterocycles. The number of carbonyl (C=O) groups excluding carboxylic acids is 2. The van der Waals surface area contributed by atoms with Gasteiger partial charge in [-0.3, -0.25) is 4.79 Å². The minimum absolute atomic E-state index is 0.113. The van der Waals surface area contributed by atoms with Gasteiger partial charge in [0.25, 0.3) is 0 Å². The van der Waals surface area contributed by atoms with Crippen LogP contribution in [0.2, 0.25) is 0 Å². The molecule has 1 aromatic rings. The van der Waals surface area contributed by atoms with Crippen LogP contribution in [0.3, 0.4) is 0 Å². The lowest BCUT2D eigenvalue weighted by Crippen LogP contribution is -2.51. The molecule has 1 heterocycles. The van der Waals surface area contributed by atoms with Crippen LogP contribution in [0.1, 0.15) is 11.6 Å². The van der Waals surface area contributed by atoms with Crippen LogP contribution < -0.4 is 10.6 Å². The van der Waals surface area contributed by atoms with Gasteiger partial charge >= 0.3 is 12.0 Å². The molecule has 118 valence electrons. The van der Waals surface area contributed by atoms with E-state index in [-0.39, 0.29) is 5.75 Å². The van der Waals surface area contributed by atoms with Gasteiger partial charge in [0.15, 0.2) is 0 Å². The van der Waals surface area contributed by atoms with Gasteiger partial charge in [-0.15, -0.1) is 0 Å². The molecule has 0 radical (unpaired) electrons. The molecule has 0 aliphatic carbocycles. The van der Waals surface area contributed by atoms with Crippen molar-refractivity contribution in [3.05, 3.63) is 42.1 Å². The third-order valence-electron chi connectivity index (χ3n) is 3.31. The molecule has 0 saturated carbocycles. The molecule has 0 spiro atoms. The van der Waals surface area contributed by atoms with Crippen LogP contribution in [-0.2, 0) is 9.53 Å². The van der Waals surface area contributed by atoms with Crippen LogP contribution >= 0.6 is 11.8 Å². The average Bonchev–Trinajstić information content (AvgIpc) is 2.47. The van der Waals surface area contributed by atoms with E-state index in [4.69, 9.17) is 4.74 Å². The summed E-state index contributed by atoms with van der Waals surface area (Å²) in [6.07, 6.45) is 1.93. The average molecular weight is 322 g/mol. The number of nitrogens with one attached hydrogen (secondary N) is 2. The molecule has 2 rings (SSSR count). The third-order valence-corrected chi connectivity index (χ3v) is 3.88. The first-order valence-corrected chi connectivity index (χ1v) is 8.13. The Hall–Kier alpha value is -2.15. The van der Waals surface area contributed by atoms with E-state index < -0.39 is 24.0 Å². The third kappa shape index (κ3) is 3.73. The summed E-state index contributed by atoms with van der Waals surface area (Å²) in [5, 5.41) is 14.6. The second-order valence-corrected chi connectivity index (χ2v) is 5.82. The summed E-state index contributed by atoms with van der Waals surface area (Å²) >= 11 is 1.58. The van der Waals surface area contributed by atoms with Gasteiger partial charge < -0.3 is 20.5 Å². The highest BCUT2D eigenvalue weighted by Gasteiger charge is 2.38. The van der Waals surface area contributed by atoms with Crippen molar-refractivity contribution >= 4 is 23.8 Å². The zero-order chi connectivity index (χ0) is 16.1. The highest BCUT2D eigenvalue weighted by molar-refractivity contribution is 7.98. The van der Waals surface area contributed by atoms with Gasteiger partial charge in [-0.1, -0.05) is 18.7 Å². The van der Waals surface area contributed by atoms with Gasteiger partial charge in [-0.25, -0.2) is 4.79 Å². The van der Waals surface area contributed by atoms with Crippen molar-refractivity contribution in [3.8, 4) is 5.75 Å². The number of carbonyl (C=O) groups is 2. The molecule has 0 unspecified atom stereocenters. The highest BCUT2D eigenvalue weighted by atomic mass is 32.2. The monoisotopic (exact) mass is 322 g/mol. The van der Waals surface area contributed by atoms with Crippen molar-refractivity contribution in [3.63, 3.8) is 0 Å². The predicted molar refractivity (Wildman–Crippen MR) is 84.5 cm³/mol. The number of hydrogen-bond donors (Lipinski definition) is 3. The first-order valence-electron chi connectivity index (χ1n) is 6.73. The zero-order valence-electron chi connectivity index (χ0n) is 12.2. The van der Waals surface area contributed by atoms with Gasteiger partial charge in [0.2, 0.25) is 0 Å². The lowest BCUT2D eigenvalue weighted by molar-refractivity contribution is -0.147. The van der Waals surface area contributed by atoms with Crippen molar-refractivity contribution in [2.24, 2.45) is 5.92 Å². The first-order chi connectivity index (χ1) is 10.5. The number of phenols is 1. The topological polar surface area (TPSA) is 87.7 Å². The molecule has 1 fully saturated rings. The molecule has 0 bridgehead atoms. The first kappa shape index (κ1) is 16.2. The highest BCUT2D eigenvalue weighted by Crippen LogP contribution is 2.31. The number of thioether (sulfide) groups is 1. The van der Waals surface area contributed by atoms with Gasteiger partial charge in [0.05, 0.1) is 6.04 Å². The Balaban J connectivity index is 2.21. The Morgan fingerprint density at radius 2 is 2.09 bits per heavy atom. The van der Waals surface area contributed by atoms with Crippen molar-refractivity contribution < 1.29 is 19.4 Å². The van der Waals surface area contributed by atoms with E-state index in [9.17, 15) is 14.7 Å². The number of hydrogen-bond acceptors (Lipinski definition) is 5. The number of ether oxygens (including phenoxy) is 1. The van der Waals surface area contributed by atoms with Crippen LogP contribution in [0.25, 0.3) is 0 Å². The lowest BCUT2D eigenvalue weighted by atomic mass is 9.89. The number of aromatic hydroxyl groups is 1. The summed E-state index contributed by atoms with van der Waals surface area (Å²) in [5.41, 5.74) is 0.997. The fourth-order valence-corrected chi connectivity index (χ4v) is 2.49. The molecule has 2 atom stereocenters. The van der Waals surface area contributed by atoms with Crippen LogP contribution in [0.5, 0.6) is 5.75 Å². The second-order valence-electron chi connectivity index (χ2n) is 4.83. The van der Waals surface area contributed by atoms with E-state index >= 15 is 0 Å². The molecule has 2 amide bonds. The standard InChI is InChI=1S/C15H18N2O4S/c1-9-12(14(19)21-7-8-22-2)13(17-15(20)16-9)10-3-5-11(18)6-4-10/h3-6,12-13,18H,1,7-8H2,2H3,(H2,16,17,20)/t12-,13+/m1/s1. The summed E-state index contributed by atoms with van der Waals surface area (Å²) in [7, 11) is 0.